The number of aromatic nitrogens is 3. The van der Waals surface area contributed by atoms with Crippen LogP contribution in [-0.2, 0) is 4.79 Å². The zero-order valence-electron chi connectivity index (χ0n) is 19.2. The summed E-state index contributed by atoms with van der Waals surface area (Å²) in [6, 6.07) is 21.5. The number of ether oxygens (including phenoxy) is 1. The minimum absolute atomic E-state index is 0.123. The molecule has 0 fully saturated rings. The van der Waals surface area contributed by atoms with Crippen molar-refractivity contribution in [3.63, 3.8) is 0 Å². The van der Waals surface area contributed by atoms with Gasteiger partial charge in [-0.3, -0.25) is 9.36 Å². The molecule has 1 aromatic heterocycles. The lowest BCUT2D eigenvalue weighted by Crippen LogP contribution is -2.16. The normalized spacial score (nSPS) is 11.0. The molecular weight excluding hydrogens is 451 g/mol. The number of hydrogen-bond donors (Lipinski definition) is 1. The Morgan fingerprint density at radius 1 is 1.03 bits per heavy atom. The molecule has 0 saturated carbocycles. The van der Waals surface area contributed by atoms with E-state index in [1.54, 1.807) is 29.9 Å². The molecule has 0 spiro atoms. The molecular formula is C26H25FN4O2S. The van der Waals surface area contributed by atoms with Crippen LogP contribution >= 0.6 is 11.8 Å². The Balaban J connectivity index is 1.62. The van der Waals surface area contributed by atoms with Crippen LogP contribution in [0.4, 0.5) is 10.1 Å². The molecule has 3 aromatic carbocycles. The summed E-state index contributed by atoms with van der Waals surface area (Å²) in [6.45, 7) is 4.17. The maximum absolute atomic E-state index is 14.6. The van der Waals surface area contributed by atoms with E-state index in [0.29, 0.717) is 22.3 Å². The molecule has 0 saturated heterocycles. The number of carbonyl (C=O) groups excluding carboxylic acids is 1. The first-order valence-corrected chi connectivity index (χ1v) is 11.8. The van der Waals surface area contributed by atoms with E-state index in [2.05, 4.69) is 29.4 Å². The topological polar surface area (TPSA) is 69.0 Å². The molecule has 8 heteroatoms. The van der Waals surface area contributed by atoms with Gasteiger partial charge in [-0.05, 0) is 53.9 Å². The maximum atomic E-state index is 14.6. The van der Waals surface area contributed by atoms with Gasteiger partial charge in [0.1, 0.15) is 11.6 Å². The molecule has 0 aliphatic carbocycles. The van der Waals surface area contributed by atoms with Crippen LogP contribution in [0.1, 0.15) is 25.3 Å². The van der Waals surface area contributed by atoms with Crippen molar-refractivity contribution in [2.75, 3.05) is 18.2 Å². The lowest BCUT2D eigenvalue weighted by atomic mass is 10.0. The Kier molecular flexibility index (Phi) is 7.27. The van der Waals surface area contributed by atoms with E-state index < -0.39 is 5.82 Å². The molecule has 4 rings (SSSR count). The molecule has 0 aliphatic heterocycles. The van der Waals surface area contributed by atoms with Gasteiger partial charge in [0.25, 0.3) is 0 Å². The van der Waals surface area contributed by atoms with Crippen molar-refractivity contribution in [2.45, 2.75) is 24.9 Å². The fourth-order valence-electron chi connectivity index (χ4n) is 3.58. The Morgan fingerprint density at radius 2 is 1.74 bits per heavy atom. The second-order valence-corrected chi connectivity index (χ2v) is 8.84. The van der Waals surface area contributed by atoms with Gasteiger partial charge in [0.15, 0.2) is 11.0 Å². The van der Waals surface area contributed by atoms with Gasteiger partial charge in [0.2, 0.25) is 5.91 Å². The maximum Gasteiger partial charge on any atom is 0.234 e. The summed E-state index contributed by atoms with van der Waals surface area (Å²) >= 11 is 1.24. The number of benzene rings is 3. The van der Waals surface area contributed by atoms with Gasteiger partial charge in [-0.25, -0.2) is 4.39 Å². The zero-order valence-corrected chi connectivity index (χ0v) is 20.0. The van der Waals surface area contributed by atoms with E-state index in [4.69, 9.17) is 4.74 Å². The largest absolute Gasteiger partial charge is 0.497 e. The quantitative estimate of drug-likeness (QED) is 0.319. The summed E-state index contributed by atoms with van der Waals surface area (Å²) in [4.78, 5) is 12.8. The molecule has 0 unspecified atom stereocenters. The molecule has 4 aromatic rings. The Bertz CT molecular complexity index is 1290. The number of anilines is 1. The van der Waals surface area contributed by atoms with Crippen molar-refractivity contribution < 1.29 is 13.9 Å². The molecule has 1 heterocycles. The van der Waals surface area contributed by atoms with Crippen molar-refractivity contribution in [2.24, 2.45) is 0 Å². The van der Waals surface area contributed by atoms with Crippen LogP contribution in [0.15, 0.2) is 78.0 Å². The third kappa shape index (κ3) is 5.12. The number of amides is 1. The number of thioether (sulfide) groups is 1. The molecule has 1 N–H and O–H groups in total. The van der Waals surface area contributed by atoms with Crippen LogP contribution in [0.5, 0.6) is 5.75 Å². The molecule has 0 aliphatic rings. The fourth-order valence-corrected chi connectivity index (χ4v) is 4.33. The third-order valence-corrected chi connectivity index (χ3v) is 6.20. The number of para-hydroxylation sites is 1. The summed E-state index contributed by atoms with van der Waals surface area (Å²) in [7, 11) is 1.59. The lowest BCUT2D eigenvalue weighted by Gasteiger charge is -2.14. The van der Waals surface area contributed by atoms with E-state index in [-0.39, 0.29) is 17.6 Å². The SMILES string of the molecule is COc1ccc(-n2c(SCC(=O)Nc3ccccc3C(C)C)nnc2-c2ccccc2F)cc1. The van der Waals surface area contributed by atoms with Gasteiger partial charge in [-0.15, -0.1) is 10.2 Å². The van der Waals surface area contributed by atoms with E-state index in [1.807, 2.05) is 48.5 Å². The Morgan fingerprint density at radius 3 is 2.44 bits per heavy atom. The van der Waals surface area contributed by atoms with E-state index in [0.717, 1.165) is 16.9 Å². The van der Waals surface area contributed by atoms with Gasteiger partial charge < -0.3 is 10.1 Å². The van der Waals surface area contributed by atoms with Crippen molar-refractivity contribution in [3.05, 3.63) is 84.2 Å². The van der Waals surface area contributed by atoms with Gasteiger partial charge in [-0.1, -0.05) is 55.9 Å². The van der Waals surface area contributed by atoms with Crippen LogP contribution < -0.4 is 10.1 Å². The highest BCUT2D eigenvalue weighted by atomic mass is 32.2. The summed E-state index contributed by atoms with van der Waals surface area (Å²) in [5, 5.41) is 12.0. The van der Waals surface area contributed by atoms with Gasteiger partial charge in [0.05, 0.1) is 24.1 Å². The second-order valence-electron chi connectivity index (χ2n) is 7.90. The van der Waals surface area contributed by atoms with Gasteiger partial charge in [0, 0.05) is 5.69 Å². The number of hydrogen-bond acceptors (Lipinski definition) is 5. The van der Waals surface area contributed by atoms with Gasteiger partial charge in [-0.2, -0.15) is 0 Å². The summed E-state index contributed by atoms with van der Waals surface area (Å²) in [6.07, 6.45) is 0. The predicted octanol–water partition coefficient (Wildman–Crippen LogP) is 5.94. The zero-order chi connectivity index (χ0) is 24.1. The van der Waals surface area contributed by atoms with Crippen molar-refractivity contribution in [1.29, 1.82) is 0 Å². The molecule has 0 atom stereocenters. The van der Waals surface area contributed by atoms with Crippen molar-refractivity contribution in [1.82, 2.24) is 14.8 Å². The van der Waals surface area contributed by atoms with Crippen LogP contribution in [0.2, 0.25) is 0 Å². The molecule has 34 heavy (non-hydrogen) atoms. The van der Waals surface area contributed by atoms with E-state index >= 15 is 0 Å². The molecule has 0 bridgehead atoms. The average Bonchev–Trinajstić information content (AvgIpc) is 3.27. The highest BCUT2D eigenvalue weighted by Crippen LogP contribution is 2.30. The molecule has 0 radical (unpaired) electrons. The lowest BCUT2D eigenvalue weighted by molar-refractivity contribution is -0.113. The van der Waals surface area contributed by atoms with Crippen LogP contribution in [0.3, 0.4) is 0 Å². The minimum Gasteiger partial charge on any atom is -0.497 e. The summed E-state index contributed by atoms with van der Waals surface area (Å²) in [5.41, 5.74) is 2.93. The second kappa shape index (κ2) is 10.5. The monoisotopic (exact) mass is 476 g/mol. The predicted molar refractivity (Wildman–Crippen MR) is 133 cm³/mol. The van der Waals surface area contributed by atoms with Crippen molar-refractivity contribution in [3.8, 4) is 22.8 Å². The van der Waals surface area contributed by atoms with E-state index in [1.165, 1.54) is 17.8 Å². The van der Waals surface area contributed by atoms with E-state index in [9.17, 15) is 9.18 Å². The minimum atomic E-state index is -0.399. The Hall–Kier alpha value is -3.65. The average molecular weight is 477 g/mol. The van der Waals surface area contributed by atoms with Crippen LogP contribution in [-0.4, -0.2) is 33.5 Å². The van der Waals surface area contributed by atoms with Crippen LogP contribution in [0.25, 0.3) is 17.1 Å². The molecule has 174 valence electrons. The highest BCUT2D eigenvalue weighted by Gasteiger charge is 2.20. The Labute approximate surface area is 202 Å². The smallest absolute Gasteiger partial charge is 0.234 e. The molecule has 6 nitrogen and oxygen atoms in total. The number of nitrogens with zero attached hydrogens (tertiary/aromatic N) is 3. The first kappa shape index (κ1) is 23.5. The first-order chi connectivity index (χ1) is 16.5. The third-order valence-electron chi connectivity index (χ3n) is 5.27. The fraction of sp³-hybridized carbons (Fsp3) is 0.192. The summed E-state index contributed by atoms with van der Waals surface area (Å²) in [5.74, 6) is 0.903. The number of halogens is 1. The number of rotatable bonds is 8. The number of methoxy groups -OCH3 is 1. The number of nitrogens with one attached hydrogen (secondary N) is 1. The number of carbonyl (C=O) groups is 1. The summed E-state index contributed by atoms with van der Waals surface area (Å²) < 4.78 is 21.6. The van der Waals surface area contributed by atoms with Crippen molar-refractivity contribution >= 4 is 23.4 Å². The van der Waals surface area contributed by atoms with Gasteiger partial charge >= 0.3 is 0 Å². The van der Waals surface area contributed by atoms with Crippen LogP contribution in [0, 0.1) is 5.82 Å². The molecule has 1 amide bonds. The first-order valence-electron chi connectivity index (χ1n) is 10.8. The highest BCUT2D eigenvalue weighted by molar-refractivity contribution is 7.99. The standard InChI is InChI=1S/C26H25FN4O2S/c1-17(2)20-8-5-7-11-23(20)28-24(32)16-34-26-30-29-25(21-9-4-6-10-22(21)27)31(26)18-12-14-19(33-3)15-13-18/h4-15,17H,16H2,1-3H3,(H,28,32).